The molecule has 2 aromatic carbocycles. The molecule has 1 aromatic heterocycles. The molecule has 1 aliphatic carbocycles. The molecule has 1 heterocycles. The lowest BCUT2D eigenvalue weighted by molar-refractivity contribution is -0.139. The van der Waals surface area contributed by atoms with Crippen LogP contribution in [-0.4, -0.2) is 28.2 Å². The number of anilines is 1. The Morgan fingerprint density at radius 2 is 1.90 bits per heavy atom. The van der Waals surface area contributed by atoms with E-state index >= 15 is 0 Å². The van der Waals surface area contributed by atoms with E-state index < -0.39 is 52.8 Å². The van der Waals surface area contributed by atoms with Crippen molar-refractivity contribution in [2.45, 2.75) is 51.2 Å². The molecule has 12 heteroatoms. The smallest absolute Gasteiger partial charge is 0.418 e. The Hall–Kier alpha value is -3.60. The molecular weight excluding hydrogens is 559 g/mol. The summed E-state index contributed by atoms with van der Waals surface area (Å²) in [6.07, 6.45) is -3.65. The summed E-state index contributed by atoms with van der Waals surface area (Å²) >= 11 is 5.84. The zero-order valence-electron chi connectivity index (χ0n) is 21.5. The van der Waals surface area contributed by atoms with Crippen molar-refractivity contribution < 1.29 is 41.4 Å². The number of benzene rings is 2. The molecule has 2 N–H and O–H groups in total. The molecule has 0 radical (unpaired) electrons. The maximum atomic E-state index is 13.8. The van der Waals surface area contributed by atoms with Crippen molar-refractivity contribution in [3.05, 3.63) is 81.6 Å². The van der Waals surface area contributed by atoms with Crippen LogP contribution in [0.5, 0.6) is 5.75 Å². The van der Waals surface area contributed by atoms with Crippen molar-refractivity contribution in [1.29, 1.82) is 0 Å². The molecule has 0 aliphatic heterocycles. The van der Waals surface area contributed by atoms with Gasteiger partial charge in [0.25, 0.3) is 5.91 Å². The van der Waals surface area contributed by atoms with Gasteiger partial charge in [0.15, 0.2) is 0 Å². The number of amides is 1. The number of hydrogen-bond donors (Lipinski definition) is 2. The molecule has 1 saturated carbocycles. The van der Waals surface area contributed by atoms with Crippen LogP contribution >= 0.6 is 11.6 Å². The molecule has 4 rings (SSSR count). The quantitative estimate of drug-likeness (QED) is 0.191. The van der Waals surface area contributed by atoms with Crippen molar-refractivity contribution in [3.63, 3.8) is 0 Å². The molecule has 0 unspecified atom stereocenters. The number of carbonyl (C=O) groups excluding carboxylic acids is 1. The number of carboxylic acid groups (broad SMARTS) is 1. The monoisotopic (exact) mass is 584 g/mol. The highest BCUT2D eigenvalue weighted by Gasteiger charge is 2.45. The molecule has 3 aromatic rings. The predicted octanol–water partition coefficient (Wildman–Crippen LogP) is 7.47. The van der Waals surface area contributed by atoms with Gasteiger partial charge >= 0.3 is 12.1 Å². The van der Waals surface area contributed by atoms with Crippen molar-refractivity contribution in [2.75, 3.05) is 11.9 Å². The number of rotatable bonds is 10. The number of nitrogens with zero attached hydrogens (tertiary/aromatic N) is 1. The number of hydrogen-bond acceptors (Lipinski definition) is 3. The fourth-order valence-electron chi connectivity index (χ4n) is 4.65. The average Bonchev–Trinajstić information content (AvgIpc) is 3.58. The highest BCUT2D eigenvalue weighted by atomic mass is 35.5. The molecule has 1 aliphatic rings. The van der Waals surface area contributed by atoms with Crippen molar-refractivity contribution in [1.82, 2.24) is 4.57 Å². The van der Waals surface area contributed by atoms with Gasteiger partial charge in [0.1, 0.15) is 28.1 Å². The minimum atomic E-state index is -4.75. The molecule has 0 spiro atoms. The van der Waals surface area contributed by atoms with E-state index in [9.17, 15) is 36.6 Å². The molecular formula is C28H26ClF5N2O4. The van der Waals surface area contributed by atoms with E-state index in [-0.39, 0.29) is 35.5 Å². The topological polar surface area (TPSA) is 80.6 Å². The van der Waals surface area contributed by atoms with Gasteiger partial charge in [-0.3, -0.25) is 9.59 Å². The molecule has 0 saturated heterocycles. The lowest BCUT2D eigenvalue weighted by Gasteiger charge is -2.21. The van der Waals surface area contributed by atoms with Gasteiger partial charge in [-0.25, -0.2) is 8.78 Å². The normalized spacial score (nSPS) is 17.4. The van der Waals surface area contributed by atoms with E-state index in [4.69, 9.17) is 16.3 Å². The van der Waals surface area contributed by atoms with Crippen molar-refractivity contribution in [3.8, 4) is 5.75 Å². The Bertz CT molecular complexity index is 1440. The Balaban J connectivity index is 1.58. The number of aromatic nitrogens is 1. The number of alkyl halides is 3. The summed E-state index contributed by atoms with van der Waals surface area (Å²) in [4.78, 5) is 24.6. The second-order valence-electron chi connectivity index (χ2n) is 9.68. The maximum absolute atomic E-state index is 13.8. The van der Waals surface area contributed by atoms with Crippen molar-refractivity contribution in [2.24, 2.45) is 5.92 Å². The number of carbonyl (C=O) groups is 2. The van der Waals surface area contributed by atoms with Crippen LogP contribution in [0, 0.1) is 17.6 Å². The number of nitrogens with one attached hydrogen (secondary N) is 1. The minimum Gasteiger partial charge on any atom is -0.491 e. The van der Waals surface area contributed by atoms with Gasteiger partial charge < -0.3 is 19.7 Å². The van der Waals surface area contributed by atoms with E-state index in [1.807, 2.05) is 13.8 Å². The average molecular weight is 585 g/mol. The zero-order chi connectivity index (χ0) is 29.4. The maximum Gasteiger partial charge on any atom is 0.418 e. The first-order valence-electron chi connectivity index (χ1n) is 12.5. The zero-order valence-corrected chi connectivity index (χ0v) is 22.2. The number of ether oxygens (including phenoxy) is 1. The lowest BCUT2D eigenvalue weighted by atomic mass is 10.0. The SMILES string of the molecule is CC[C@H](C)n1c(CCOc2cc(F)cc(F)c2Cl)ccc1C(=O)Nc1cc([C@H]2C[C@H]2C(=O)O)ccc1C(F)(F)F. The third kappa shape index (κ3) is 6.24. The summed E-state index contributed by atoms with van der Waals surface area (Å²) in [6, 6.07) is 7.72. The van der Waals surface area contributed by atoms with E-state index in [2.05, 4.69) is 5.32 Å². The van der Waals surface area contributed by atoms with Crippen molar-refractivity contribution >= 4 is 29.2 Å². The largest absolute Gasteiger partial charge is 0.491 e. The third-order valence-electron chi connectivity index (χ3n) is 6.98. The van der Waals surface area contributed by atoms with Crippen LogP contribution in [0.15, 0.2) is 42.5 Å². The van der Waals surface area contributed by atoms with Crippen LogP contribution in [0.3, 0.4) is 0 Å². The summed E-state index contributed by atoms with van der Waals surface area (Å²) in [5.74, 6) is -4.92. The van der Waals surface area contributed by atoms with E-state index in [1.165, 1.54) is 18.2 Å². The lowest BCUT2D eigenvalue weighted by Crippen LogP contribution is -2.22. The van der Waals surface area contributed by atoms with Gasteiger partial charge in [-0.15, -0.1) is 0 Å². The molecule has 40 heavy (non-hydrogen) atoms. The van der Waals surface area contributed by atoms with Gasteiger partial charge in [0.2, 0.25) is 0 Å². The van der Waals surface area contributed by atoms with Gasteiger partial charge in [-0.2, -0.15) is 13.2 Å². The highest BCUT2D eigenvalue weighted by Crippen LogP contribution is 2.49. The second-order valence-corrected chi connectivity index (χ2v) is 10.1. The molecule has 1 fully saturated rings. The van der Waals surface area contributed by atoms with Crippen LogP contribution in [0.2, 0.25) is 5.02 Å². The van der Waals surface area contributed by atoms with E-state index in [0.29, 0.717) is 30.2 Å². The van der Waals surface area contributed by atoms with Gasteiger partial charge in [-0.1, -0.05) is 24.6 Å². The van der Waals surface area contributed by atoms with Gasteiger partial charge in [0, 0.05) is 30.3 Å². The summed E-state index contributed by atoms with van der Waals surface area (Å²) in [6.45, 7) is 3.67. The summed E-state index contributed by atoms with van der Waals surface area (Å²) < 4.78 is 75.7. The Morgan fingerprint density at radius 1 is 1.18 bits per heavy atom. The fraction of sp³-hybridized carbons (Fsp3) is 0.357. The first kappa shape index (κ1) is 29.4. The first-order chi connectivity index (χ1) is 18.8. The first-order valence-corrected chi connectivity index (χ1v) is 12.9. The molecule has 6 nitrogen and oxygen atoms in total. The molecule has 214 valence electrons. The van der Waals surface area contributed by atoms with E-state index in [0.717, 1.165) is 12.1 Å². The van der Waals surface area contributed by atoms with Crippen LogP contribution < -0.4 is 10.1 Å². The number of carboxylic acids is 1. The number of halogens is 6. The van der Waals surface area contributed by atoms with Crippen LogP contribution in [-0.2, 0) is 17.4 Å². The molecule has 0 bridgehead atoms. The summed E-state index contributed by atoms with van der Waals surface area (Å²) in [5, 5.41) is 11.2. The Morgan fingerprint density at radius 3 is 2.52 bits per heavy atom. The van der Waals surface area contributed by atoms with Crippen LogP contribution in [0.4, 0.5) is 27.6 Å². The summed E-state index contributed by atoms with van der Waals surface area (Å²) in [5.41, 5.74) is -0.396. The van der Waals surface area contributed by atoms with Crippen LogP contribution in [0.25, 0.3) is 0 Å². The second kappa shape index (κ2) is 11.5. The van der Waals surface area contributed by atoms with Crippen LogP contribution in [0.1, 0.15) is 66.0 Å². The molecule has 1 amide bonds. The minimum absolute atomic E-state index is 0.0451. The van der Waals surface area contributed by atoms with E-state index in [1.54, 1.807) is 10.6 Å². The van der Waals surface area contributed by atoms with Gasteiger partial charge in [-0.05, 0) is 55.5 Å². The standard InChI is InChI=1S/C28H26ClF5N2O4/c1-3-14(2)36-17(8-9-40-24-12-16(30)11-21(31)25(24)29)5-7-23(36)26(37)35-22-10-15(18-13-19(18)27(38)39)4-6-20(22)28(32,33)34/h4-7,10-12,14,18-19H,3,8-9,13H2,1-2H3,(H,35,37)(H,38,39)/t14-,18+,19+/m0/s1. The number of aliphatic carboxylic acids is 1. The highest BCUT2D eigenvalue weighted by molar-refractivity contribution is 6.32. The predicted molar refractivity (Wildman–Crippen MR) is 138 cm³/mol. The fourth-order valence-corrected chi connectivity index (χ4v) is 4.81. The Labute approximate surface area is 231 Å². The Kier molecular flexibility index (Phi) is 8.44. The summed E-state index contributed by atoms with van der Waals surface area (Å²) in [7, 11) is 0. The molecule has 3 atom stereocenters. The third-order valence-corrected chi connectivity index (χ3v) is 7.34. The van der Waals surface area contributed by atoms with Gasteiger partial charge in [0.05, 0.1) is 23.8 Å².